The molecule has 190 valence electrons. The fourth-order valence-corrected chi connectivity index (χ4v) is 5.73. The Bertz CT molecular complexity index is 782. The van der Waals surface area contributed by atoms with Gasteiger partial charge in [-0.1, -0.05) is 24.8 Å². The summed E-state index contributed by atoms with van der Waals surface area (Å²) in [6.45, 7) is 6.32. The Balaban J connectivity index is 0.00000158. The average Bonchev–Trinajstić information content (AvgIpc) is 3.69. The number of likely N-dealkylation sites (tertiary alicyclic amines) is 1. The average molecular weight is 492 g/mol. The van der Waals surface area contributed by atoms with Gasteiger partial charge in [-0.15, -0.1) is 0 Å². The van der Waals surface area contributed by atoms with E-state index in [1.165, 1.54) is 26.0 Å². The van der Waals surface area contributed by atoms with E-state index in [2.05, 4.69) is 32.7 Å². The summed E-state index contributed by atoms with van der Waals surface area (Å²) >= 11 is 1.65. The van der Waals surface area contributed by atoms with Gasteiger partial charge < -0.3 is 21.1 Å². The molecule has 0 spiro atoms. The van der Waals surface area contributed by atoms with E-state index in [9.17, 15) is 4.39 Å². The molecule has 3 fully saturated rings. The van der Waals surface area contributed by atoms with Crippen molar-refractivity contribution in [2.24, 2.45) is 17.4 Å². The van der Waals surface area contributed by atoms with Crippen LogP contribution in [0.15, 0.2) is 48.8 Å². The molecule has 2 atom stereocenters. The largest absolute Gasteiger partial charge is 0.385 e. The molecule has 4 rings (SSSR count). The normalized spacial score (nSPS) is 27.6. The van der Waals surface area contributed by atoms with Gasteiger partial charge in [0.15, 0.2) is 0 Å². The van der Waals surface area contributed by atoms with E-state index < -0.39 is 0 Å². The molecule has 6 nitrogen and oxygen atoms in total. The van der Waals surface area contributed by atoms with Crippen LogP contribution in [0.2, 0.25) is 0 Å². The zero-order valence-corrected chi connectivity index (χ0v) is 21.2. The minimum atomic E-state index is -0.139. The molecule has 1 heterocycles. The number of nitrogens with two attached hydrogens (primary N) is 2. The first kappa shape index (κ1) is 27.0. The summed E-state index contributed by atoms with van der Waals surface area (Å²) in [5.41, 5.74) is 11.9. The second-order valence-corrected chi connectivity index (χ2v) is 10.1. The number of benzene rings is 1. The van der Waals surface area contributed by atoms with E-state index >= 15 is 0 Å². The van der Waals surface area contributed by atoms with Gasteiger partial charge in [0.1, 0.15) is 5.82 Å². The number of hydrogen-bond acceptors (Lipinski definition) is 7. The number of nitrogens with one attached hydrogen (secondary N) is 2. The van der Waals surface area contributed by atoms with Gasteiger partial charge in [-0.25, -0.2) is 13.8 Å². The summed E-state index contributed by atoms with van der Waals surface area (Å²) in [4.78, 5) is 2.24. The third-order valence-corrected chi connectivity index (χ3v) is 7.81. The van der Waals surface area contributed by atoms with Crippen molar-refractivity contribution in [1.82, 2.24) is 14.3 Å². The number of ether oxygens (including phenoxy) is 1. The van der Waals surface area contributed by atoms with Crippen molar-refractivity contribution >= 4 is 12.1 Å². The molecule has 1 aromatic carbocycles. The van der Waals surface area contributed by atoms with Gasteiger partial charge in [-0.3, -0.25) is 0 Å². The summed E-state index contributed by atoms with van der Waals surface area (Å²) in [5.74, 6) is 1.46. The lowest BCUT2D eigenvalue weighted by Gasteiger charge is -2.40. The molecule has 2 saturated carbocycles. The van der Waals surface area contributed by atoms with Crippen LogP contribution in [0.1, 0.15) is 56.4 Å². The highest BCUT2D eigenvalue weighted by Gasteiger charge is 2.32. The number of nitrogens with zero attached hydrogens (tertiary/aromatic N) is 1. The van der Waals surface area contributed by atoms with E-state index in [1.54, 1.807) is 24.3 Å². The quantitative estimate of drug-likeness (QED) is 0.290. The minimum absolute atomic E-state index is 0.139. The van der Waals surface area contributed by atoms with Gasteiger partial charge in [0, 0.05) is 43.2 Å². The summed E-state index contributed by atoms with van der Waals surface area (Å²) < 4.78 is 27.1. The Labute approximate surface area is 209 Å². The Morgan fingerprint density at radius 3 is 2.62 bits per heavy atom. The number of halogens is 1. The third kappa shape index (κ3) is 8.27. The fraction of sp³-hybridized carbons (Fsp3) is 0.615. The molecule has 3 aliphatic rings. The third-order valence-electron chi connectivity index (χ3n) is 6.94. The molecule has 6 N–H and O–H groups in total. The van der Waals surface area contributed by atoms with E-state index in [1.807, 2.05) is 12.1 Å². The smallest absolute Gasteiger partial charge is 0.123 e. The monoisotopic (exact) mass is 491 g/mol. The molecular weight excluding hydrogens is 449 g/mol. The van der Waals surface area contributed by atoms with Crippen molar-refractivity contribution in [3.63, 3.8) is 0 Å². The summed E-state index contributed by atoms with van der Waals surface area (Å²) in [5, 5.41) is 0. The Morgan fingerprint density at radius 1 is 1.18 bits per heavy atom. The number of piperidine rings is 1. The maximum atomic E-state index is 13.6. The van der Waals surface area contributed by atoms with E-state index in [4.69, 9.17) is 10.5 Å². The lowest BCUT2D eigenvalue weighted by Crippen LogP contribution is -2.50. The molecule has 8 heteroatoms. The van der Waals surface area contributed by atoms with Gasteiger partial charge in [-0.2, -0.15) is 0 Å². The van der Waals surface area contributed by atoms with Crippen LogP contribution in [0.5, 0.6) is 0 Å². The first-order valence-electron chi connectivity index (χ1n) is 12.6. The standard InChI is InChI=1S/C25H37FN4OS.CH5N/c1-2-4-25(27)30-14-13-24(29-32-28-22-9-10-22)20(16-30)17-31-23-11-7-18(8-12-23)19-5-3-6-21(26)15-19;1-2/h2-6,15,18,20,22-24,28-29H,1,7-14,16-17,27H2;2H2,1H3/b25-4+;. The van der Waals surface area contributed by atoms with Crippen molar-refractivity contribution in [2.75, 3.05) is 26.7 Å². The second-order valence-electron chi connectivity index (χ2n) is 9.40. The molecule has 0 amide bonds. The predicted molar refractivity (Wildman–Crippen MR) is 140 cm³/mol. The summed E-state index contributed by atoms with van der Waals surface area (Å²) in [6, 6.07) is 8.14. The molecule has 0 aromatic heterocycles. The second kappa shape index (κ2) is 14.1. The maximum absolute atomic E-state index is 13.6. The highest BCUT2D eigenvalue weighted by atomic mass is 32.2. The molecule has 0 bridgehead atoms. The van der Waals surface area contributed by atoms with Crippen molar-refractivity contribution in [1.29, 1.82) is 0 Å². The van der Waals surface area contributed by atoms with E-state index in [0.717, 1.165) is 63.2 Å². The Kier molecular flexibility index (Phi) is 11.2. The van der Waals surface area contributed by atoms with Gasteiger partial charge in [0.25, 0.3) is 0 Å². The number of allylic oxidation sites excluding steroid dienone is 2. The molecule has 1 saturated heterocycles. The molecule has 34 heavy (non-hydrogen) atoms. The zero-order chi connectivity index (χ0) is 24.3. The molecule has 0 radical (unpaired) electrons. The van der Waals surface area contributed by atoms with Crippen molar-refractivity contribution in [3.8, 4) is 0 Å². The van der Waals surface area contributed by atoms with Gasteiger partial charge >= 0.3 is 0 Å². The maximum Gasteiger partial charge on any atom is 0.123 e. The van der Waals surface area contributed by atoms with Crippen LogP contribution in [0.3, 0.4) is 0 Å². The van der Waals surface area contributed by atoms with Crippen molar-refractivity contribution in [2.45, 2.75) is 69.1 Å². The minimum Gasteiger partial charge on any atom is -0.385 e. The molecule has 1 aromatic rings. The fourth-order valence-electron chi connectivity index (χ4n) is 4.79. The Hall–Kier alpha value is -1.58. The van der Waals surface area contributed by atoms with Crippen LogP contribution in [0.25, 0.3) is 0 Å². The highest BCUT2D eigenvalue weighted by molar-refractivity contribution is 7.95. The SMILES string of the molecule is C=C/C=C(\N)N1CCC(NSNC2CC2)C(COC2CCC(c3cccc(F)c3)CC2)C1.CN. The predicted octanol–water partition coefficient (Wildman–Crippen LogP) is 4.02. The number of rotatable bonds is 10. The first-order chi connectivity index (χ1) is 16.6. The molecule has 1 aliphatic heterocycles. The Morgan fingerprint density at radius 2 is 1.94 bits per heavy atom. The van der Waals surface area contributed by atoms with Crippen LogP contribution in [-0.4, -0.2) is 49.8 Å². The van der Waals surface area contributed by atoms with Crippen LogP contribution in [0.4, 0.5) is 4.39 Å². The van der Waals surface area contributed by atoms with Crippen LogP contribution < -0.4 is 20.9 Å². The van der Waals surface area contributed by atoms with Crippen LogP contribution >= 0.6 is 12.1 Å². The van der Waals surface area contributed by atoms with Gasteiger partial charge in [0.2, 0.25) is 0 Å². The van der Waals surface area contributed by atoms with Gasteiger partial charge in [0.05, 0.1) is 18.5 Å². The summed E-state index contributed by atoms with van der Waals surface area (Å²) in [7, 11) is 1.50. The molecule has 2 aliphatic carbocycles. The first-order valence-corrected chi connectivity index (χ1v) is 13.4. The zero-order valence-electron chi connectivity index (χ0n) is 20.4. The van der Waals surface area contributed by atoms with E-state index in [0.29, 0.717) is 23.9 Å². The lowest BCUT2D eigenvalue weighted by atomic mass is 9.82. The van der Waals surface area contributed by atoms with Crippen molar-refractivity contribution in [3.05, 3.63) is 60.2 Å². The van der Waals surface area contributed by atoms with Crippen LogP contribution in [0, 0.1) is 11.7 Å². The van der Waals surface area contributed by atoms with Crippen molar-refractivity contribution < 1.29 is 9.13 Å². The number of hydrogen-bond donors (Lipinski definition) is 4. The lowest BCUT2D eigenvalue weighted by molar-refractivity contribution is -0.0134. The molecular formula is C26H42FN5OS. The topological polar surface area (TPSA) is 88.6 Å². The molecule has 2 unspecified atom stereocenters. The van der Waals surface area contributed by atoms with E-state index in [-0.39, 0.29) is 11.9 Å². The van der Waals surface area contributed by atoms with Gasteiger partial charge in [-0.05, 0) is 81.7 Å². The van der Waals surface area contributed by atoms with Crippen LogP contribution in [-0.2, 0) is 4.74 Å². The highest BCUT2D eigenvalue weighted by Crippen LogP contribution is 2.35. The summed E-state index contributed by atoms with van der Waals surface area (Å²) in [6.07, 6.45) is 11.7.